The van der Waals surface area contributed by atoms with Gasteiger partial charge in [-0.15, -0.1) is 0 Å². The minimum absolute atomic E-state index is 0.356. The lowest BCUT2D eigenvalue weighted by Gasteiger charge is -2.18. The molecule has 1 N–H and O–H groups in total. The van der Waals surface area contributed by atoms with E-state index in [0.29, 0.717) is 5.56 Å². The molecule has 0 amide bonds. The van der Waals surface area contributed by atoms with E-state index in [1.54, 1.807) is 0 Å². The van der Waals surface area contributed by atoms with E-state index in [0.717, 1.165) is 34.4 Å². The molecule has 0 saturated heterocycles. The minimum atomic E-state index is -0.948. The van der Waals surface area contributed by atoms with Gasteiger partial charge in [0, 0.05) is 0 Å². The molecule has 19 heavy (non-hydrogen) atoms. The Bertz CT molecular complexity index is 597. The summed E-state index contributed by atoms with van der Waals surface area (Å²) in [5, 5.41) is 10.4. The molecule has 0 heterocycles. The van der Waals surface area contributed by atoms with Crippen molar-refractivity contribution in [2.75, 3.05) is 0 Å². The van der Waals surface area contributed by atoms with Crippen LogP contribution in [-0.4, -0.2) is 5.11 Å². The van der Waals surface area contributed by atoms with Gasteiger partial charge in [0.2, 0.25) is 0 Å². The van der Waals surface area contributed by atoms with Crippen molar-refractivity contribution in [2.45, 2.75) is 26.9 Å². The smallest absolute Gasteiger partial charge is 0.159 e. The second-order valence-corrected chi connectivity index (χ2v) is 4.89. The number of benzene rings is 2. The van der Waals surface area contributed by atoms with Gasteiger partial charge < -0.3 is 5.11 Å². The Morgan fingerprint density at radius 3 is 2.00 bits per heavy atom. The summed E-state index contributed by atoms with van der Waals surface area (Å²) < 4.78 is 26.2. The quantitative estimate of drug-likeness (QED) is 0.868. The maximum absolute atomic E-state index is 13.2. The summed E-state index contributed by atoms with van der Waals surface area (Å²) in [6, 6.07) is 7.41. The van der Waals surface area contributed by atoms with Gasteiger partial charge in [-0.25, -0.2) is 8.78 Å². The first-order valence-electron chi connectivity index (χ1n) is 6.11. The van der Waals surface area contributed by atoms with Gasteiger partial charge in [0.1, 0.15) is 6.10 Å². The highest BCUT2D eigenvalue weighted by molar-refractivity contribution is 5.43. The van der Waals surface area contributed by atoms with Crippen LogP contribution in [0.4, 0.5) is 8.78 Å². The highest BCUT2D eigenvalue weighted by atomic mass is 19.2. The molecule has 0 aliphatic carbocycles. The van der Waals surface area contributed by atoms with Crippen LogP contribution in [0.2, 0.25) is 0 Å². The van der Waals surface area contributed by atoms with E-state index in [9.17, 15) is 13.9 Å². The number of aryl methyl sites for hydroxylation is 3. The molecule has 3 heteroatoms. The molecule has 0 radical (unpaired) electrons. The summed E-state index contributed by atoms with van der Waals surface area (Å²) in [7, 11) is 0. The fraction of sp³-hybridized carbons (Fsp3) is 0.250. The van der Waals surface area contributed by atoms with Crippen molar-refractivity contribution in [3.05, 3.63) is 69.8 Å². The molecule has 0 fully saturated rings. The van der Waals surface area contributed by atoms with Gasteiger partial charge in [0.25, 0.3) is 0 Å². The van der Waals surface area contributed by atoms with Crippen LogP contribution in [0.1, 0.15) is 33.9 Å². The summed E-state index contributed by atoms with van der Waals surface area (Å²) in [5.41, 5.74) is 4.09. The van der Waals surface area contributed by atoms with Gasteiger partial charge in [-0.1, -0.05) is 23.8 Å². The lowest BCUT2D eigenvalue weighted by Crippen LogP contribution is -2.06. The first kappa shape index (κ1) is 13.7. The average molecular weight is 262 g/mol. The van der Waals surface area contributed by atoms with E-state index in [-0.39, 0.29) is 0 Å². The molecule has 0 spiro atoms. The first-order valence-corrected chi connectivity index (χ1v) is 6.11. The maximum atomic E-state index is 13.2. The molecular formula is C16H16F2O. The van der Waals surface area contributed by atoms with Crippen molar-refractivity contribution in [1.82, 2.24) is 0 Å². The standard InChI is InChI=1S/C16H16F2O/c1-9-6-10(2)15(11(3)7-9)16(19)12-4-5-13(17)14(18)8-12/h4-8,16,19H,1-3H3. The van der Waals surface area contributed by atoms with Crippen molar-refractivity contribution in [3.63, 3.8) is 0 Å². The second kappa shape index (κ2) is 5.10. The third-order valence-corrected chi connectivity index (χ3v) is 3.27. The van der Waals surface area contributed by atoms with E-state index in [2.05, 4.69) is 0 Å². The third-order valence-electron chi connectivity index (χ3n) is 3.27. The van der Waals surface area contributed by atoms with E-state index in [4.69, 9.17) is 0 Å². The number of aliphatic hydroxyl groups is 1. The molecule has 0 saturated carbocycles. The van der Waals surface area contributed by atoms with Crippen LogP contribution in [0.15, 0.2) is 30.3 Å². The monoisotopic (exact) mass is 262 g/mol. The predicted molar refractivity (Wildman–Crippen MR) is 71.1 cm³/mol. The lowest BCUT2D eigenvalue weighted by atomic mass is 9.92. The third kappa shape index (κ3) is 2.66. The molecule has 0 aliphatic rings. The van der Waals surface area contributed by atoms with Crippen LogP contribution in [0.25, 0.3) is 0 Å². The predicted octanol–water partition coefficient (Wildman–Crippen LogP) is 3.97. The highest BCUT2D eigenvalue weighted by Crippen LogP contribution is 2.29. The van der Waals surface area contributed by atoms with Crippen molar-refractivity contribution >= 4 is 0 Å². The molecule has 1 unspecified atom stereocenters. The van der Waals surface area contributed by atoms with E-state index >= 15 is 0 Å². The Kier molecular flexibility index (Phi) is 3.67. The van der Waals surface area contributed by atoms with E-state index in [1.807, 2.05) is 32.9 Å². The summed E-state index contributed by atoms with van der Waals surface area (Å²) in [4.78, 5) is 0. The van der Waals surface area contributed by atoms with Crippen LogP contribution in [0.3, 0.4) is 0 Å². The zero-order chi connectivity index (χ0) is 14.2. The summed E-state index contributed by atoms with van der Waals surface area (Å²) in [6.45, 7) is 5.78. The molecular weight excluding hydrogens is 246 g/mol. The molecule has 100 valence electrons. The Balaban J connectivity index is 2.49. The van der Waals surface area contributed by atoms with Crippen LogP contribution < -0.4 is 0 Å². The van der Waals surface area contributed by atoms with Gasteiger partial charge in [-0.3, -0.25) is 0 Å². The number of hydrogen-bond acceptors (Lipinski definition) is 1. The molecule has 0 aliphatic heterocycles. The van der Waals surface area contributed by atoms with Crippen molar-refractivity contribution < 1.29 is 13.9 Å². The van der Waals surface area contributed by atoms with E-state index < -0.39 is 17.7 Å². The van der Waals surface area contributed by atoms with Crippen LogP contribution in [0.5, 0.6) is 0 Å². The van der Waals surface area contributed by atoms with Gasteiger partial charge in [-0.05, 0) is 55.2 Å². The molecule has 2 aromatic carbocycles. The fourth-order valence-corrected chi connectivity index (χ4v) is 2.47. The SMILES string of the molecule is Cc1cc(C)c(C(O)c2ccc(F)c(F)c2)c(C)c1. The molecule has 0 aromatic heterocycles. The molecule has 1 atom stereocenters. The molecule has 0 bridgehead atoms. The topological polar surface area (TPSA) is 20.2 Å². The van der Waals surface area contributed by atoms with Gasteiger partial charge >= 0.3 is 0 Å². The Morgan fingerprint density at radius 2 is 1.47 bits per heavy atom. The first-order chi connectivity index (χ1) is 8.90. The number of halogens is 2. The Morgan fingerprint density at radius 1 is 0.895 bits per heavy atom. The van der Waals surface area contributed by atoms with Crippen LogP contribution in [0, 0.1) is 32.4 Å². The zero-order valence-electron chi connectivity index (χ0n) is 11.2. The van der Waals surface area contributed by atoms with Gasteiger partial charge in [0.05, 0.1) is 0 Å². The normalized spacial score (nSPS) is 12.5. The second-order valence-electron chi connectivity index (χ2n) is 4.89. The van der Waals surface area contributed by atoms with Crippen molar-refractivity contribution in [2.24, 2.45) is 0 Å². The number of hydrogen-bond donors (Lipinski definition) is 1. The van der Waals surface area contributed by atoms with Gasteiger partial charge in [-0.2, -0.15) is 0 Å². The largest absolute Gasteiger partial charge is 0.384 e. The summed E-state index contributed by atoms with van der Waals surface area (Å²) >= 11 is 0. The minimum Gasteiger partial charge on any atom is -0.384 e. The summed E-state index contributed by atoms with van der Waals surface area (Å²) in [5.74, 6) is -1.85. The Labute approximate surface area is 111 Å². The average Bonchev–Trinajstić information content (AvgIpc) is 2.31. The fourth-order valence-electron chi connectivity index (χ4n) is 2.47. The van der Waals surface area contributed by atoms with E-state index in [1.165, 1.54) is 6.07 Å². The number of rotatable bonds is 2. The van der Waals surface area contributed by atoms with Gasteiger partial charge in [0.15, 0.2) is 11.6 Å². The number of aliphatic hydroxyl groups excluding tert-OH is 1. The van der Waals surface area contributed by atoms with Crippen molar-refractivity contribution in [3.8, 4) is 0 Å². The van der Waals surface area contributed by atoms with Crippen molar-refractivity contribution in [1.29, 1.82) is 0 Å². The molecule has 1 nitrogen and oxygen atoms in total. The maximum Gasteiger partial charge on any atom is 0.159 e. The van der Waals surface area contributed by atoms with Crippen LogP contribution in [-0.2, 0) is 0 Å². The summed E-state index contributed by atoms with van der Waals surface area (Å²) in [6.07, 6.45) is -0.948. The zero-order valence-corrected chi connectivity index (χ0v) is 11.2. The van der Waals surface area contributed by atoms with Crippen LogP contribution >= 0.6 is 0 Å². The molecule has 2 aromatic rings. The Hall–Kier alpha value is -1.74. The molecule has 2 rings (SSSR count). The highest BCUT2D eigenvalue weighted by Gasteiger charge is 2.17. The lowest BCUT2D eigenvalue weighted by molar-refractivity contribution is 0.218.